The maximum atomic E-state index is 13.6. The van der Waals surface area contributed by atoms with Crippen LogP contribution in [-0.2, 0) is 0 Å². The Hall–Kier alpha value is -2.84. The highest BCUT2D eigenvalue weighted by Gasteiger charge is 2.29. The maximum Gasteiger partial charge on any atom is 0.422 e. The minimum absolute atomic E-state index is 0.0378. The third kappa shape index (κ3) is 4.17. The van der Waals surface area contributed by atoms with Crippen molar-refractivity contribution in [1.29, 1.82) is 0 Å². The van der Waals surface area contributed by atoms with Crippen molar-refractivity contribution in [1.82, 2.24) is 14.6 Å². The second-order valence-corrected chi connectivity index (χ2v) is 5.40. The van der Waals surface area contributed by atoms with Crippen molar-refractivity contribution >= 4 is 11.5 Å². The largest absolute Gasteiger partial charge is 0.484 e. The van der Waals surface area contributed by atoms with Crippen LogP contribution in [0, 0.1) is 5.82 Å². The second kappa shape index (κ2) is 6.58. The van der Waals surface area contributed by atoms with Gasteiger partial charge < -0.3 is 10.1 Å². The third-order valence-electron chi connectivity index (χ3n) is 3.45. The number of hydrogen-bond donors (Lipinski definition) is 1. The van der Waals surface area contributed by atoms with E-state index in [0.717, 1.165) is 12.1 Å². The van der Waals surface area contributed by atoms with Crippen molar-refractivity contribution in [3.05, 3.63) is 54.1 Å². The van der Waals surface area contributed by atoms with Crippen LogP contribution in [0.15, 0.2) is 42.7 Å². The summed E-state index contributed by atoms with van der Waals surface area (Å²) in [5, 5.41) is 7.05. The summed E-state index contributed by atoms with van der Waals surface area (Å²) in [6.07, 6.45) is -1.20. The van der Waals surface area contributed by atoms with Crippen molar-refractivity contribution < 1.29 is 22.3 Å². The molecule has 2 heterocycles. The van der Waals surface area contributed by atoms with E-state index in [1.54, 1.807) is 36.0 Å². The number of anilines is 1. The molecule has 9 heteroatoms. The molecular formula is C16H14F4N4O. The Bertz CT molecular complexity index is 878. The molecule has 132 valence electrons. The Balaban J connectivity index is 1.82. The first kappa shape index (κ1) is 17.0. The molecule has 0 saturated carbocycles. The monoisotopic (exact) mass is 354 g/mol. The molecule has 1 atom stereocenters. The van der Waals surface area contributed by atoms with Gasteiger partial charge in [-0.25, -0.2) is 13.9 Å². The van der Waals surface area contributed by atoms with Crippen LogP contribution in [0.25, 0.3) is 5.65 Å². The van der Waals surface area contributed by atoms with Crippen LogP contribution in [0.3, 0.4) is 0 Å². The average Bonchev–Trinajstić information content (AvgIpc) is 3.00. The van der Waals surface area contributed by atoms with Gasteiger partial charge in [0.1, 0.15) is 17.4 Å². The molecule has 0 aliphatic carbocycles. The van der Waals surface area contributed by atoms with Crippen molar-refractivity contribution in [3.63, 3.8) is 0 Å². The van der Waals surface area contributed by atoms with Crippen molar-refractivity contribution in [2.45, 2.75) is 19.1 Å². The van der Waals surface area contributed by atoms with Gasteiger partial charge in [-0.3, -0.25) is 0 Å². The Morgan fingerprint density at radius 3 is 2.80 bits per heavy atom. The Kier molecular flexibility index (Phi) is 4.47. The van der Waals surface area contributed by atoms with E-state index in [1.165, 1.54) is 6.07 Å². The van der Waals surface area contributed by atoms with Crippen LogP contribution in [-0.4, -0.2) is 27.4 Å². The fraction of sp³-hybridized carbons (Fsp3) is 0.250. The topological polar surface area (TPSA) is 51.5 Å². The number of ether oxygens (including phenoxy) is 1. The van der Waals surface area contributed by atoms with Crippen LogP contribution < -0.4 is 10.1 Å². The lowest BCUT2D eigenvalue weighted by molar-refractivity contribution is -0.153. The number of fused-ring (bicyclic) bond motifs is 1. The Morgan fingerprint density at radius 1 is 1.24 bits per heavy atom. The van der Waals surface area contributed by atoms with E-state index in [1.807, 2.05) is 0 Å². The zero-order valence-electron chi connectivity index (χ0n) is 13.1. The van der Waals surface area contributed by atoms with Gasteiger partial charge in [-0.1, -0.05) is 0 Å². The maximum absolute atomic E-state index is 13.6. The van der Waals surface area contributed by atoms with Gasteiger partial charge >= 0.3 is 6.18 Å². The molecule has 0 radical (unpaired) electrons. The quantitative estimate of drug-likeness (QED) is 0.704. The molecule has 0 fully saturated rings. The number of benzene rings is 1. The molecular weight excluding hydrogens is 340 g/mol. The Morgan fingerprint density at radius 2 is 2.04 bits per heavy atom. The summed E-state index contributed by atoms with van der Waals surface area (Å²) in [5.74, 6) is -0.127. The van der Waals surface area contributed by atoms with E-state index < -0.39 is 24.6 Å². The zero-order chi connectivity index (χ0) is 18.0. The summed E-state index contributed by atoms with van der Waals surface area (Å²) in [7, 11) is 0. The van der Waals surface area contributed by atoms with E-state index in [-0.39, 0.29) is 11.3 Å². The molecule has 0 aliphatic heterocycles. The number of hydrogen-bond acceptors (Lipinski definition) is 4. The number of nitrogens with one attached hydrogen (secondary N) is 1. The van der Waals surface area contributed by atoms with Crippen molar-refractivity contribution in [2.75, 3.05) is 11.9 Å². The Labute approximate surface area is 140 Å². The van der Waals surface area contributed by atoms with Gasteiger partial charge in [0, 0.05) is 17.8 Å². The molecule has 0 amide bonds. The van der Waals surface area contributed by atoms with Crippen LogP contribution in [0.5, 0.6) is 5.75 Å². The zero-order valence-corrected chi connectivity index (χ0v) is 13.1. The van der Waals surface area contributed by atoms with Crippen molar-refractivity contribution in [3.8, 4) is 5.75 Å². The van der Waals surface area contributed by atoms with Gasteiger partial charge in [0.15, 0.2) is 12.3 Å². The van der Waals surface area contributed by atoms with Gasteiger partial charge in [0.25, 0.3) is 0 Å². The molecule has 5 nitrogen and oxygen atoms in total. The van der Waals surface area contributed by atoms with Gasteiger partial charge in [-0.2, -0.15) is 18.3 Å². The number of nitrogens with zero attached hydrogens (tertiary/aromatic N) is 3. The predicted octanol–water partition coefficient (Wildman–Crippen LogP) is 3.98. The first-order valence-electron chi connectivity index (χ1n) is 7.38. The number of alkyl halides is 3. The lowest BCUT2D eigenvalue weighted by Gasteiger charge is -2.19. The second-order valence-electron chi connectivity index (χ2n) is 5.40. The first-order valence-corrected chi connectivity index (χ1v) is 7.38. The summed E-state index contributed by atoms with van der Waals surface area (Å²) in [5.41, 5.74) is 0.865. The molecule has 0 aliphatic rings. The highest BCUT2D eigenvalue weighted by atomic mass is 19.4. The van der Waals surface area contributed by atoms with Crippen molar-refractivity contribution in [2.24, 2.45) is 0 Å². The van der Waals surface area contributed by atoms with Gasteiger partial charge in [-0.05, 0) is 31.2 Å². The van der Waals surface area contributed by atoms with Gasteiger partial charge in [0.2, 0.25) is 0 Å². The third-order valence-corrected chi connectivity index (χ3v) is 3.45. The molecule has 1 N–H and O–H groups in total. The minimum atomic E-state index is -4.48. The SMILES string of the molecule is C[C@@H](Nc1ccn2nccc2n1)c1cc(F)ccc1OCC(F)(F)F. The highest BCUT2D eigenvalue weighted by molar-refractivity contribution is 5.48. The predicted molar refractivity (Wildman–Crippen MR) is 83.0 cm³/mol. The van der Waals surface area contributed by atoms with E-state index in [2.05, 4.69) is 15.4 Å². The first-order chi connectivity index (χ1) is 11.8. The van der Waals surface area contributed by atoms with E-state index in [4.69, 9.17) is 4.74 Å². The fourth-order valence-electron chi connectivity index (χ4n) is 2.34. The van der Waals surface area contributed by atoms with Crippen LogP contribution in [0.1, 0.15) is 18.5 Å². The number of aromatic nitrogens is 3. The molecule has 0 saturated heterocycles. The summed E-state index contributed by atoms with van der Waals surface area (Å²) < 4.78 is 57.1. The lowest BCUT2D eigenvalue weighted by atomic mass is 10.1. The van der Waals surface area contributed by atoms with E-state index >= 15 is 0 Å². The normalized spacial score (nSPS) is 13.0. The summed E-state index contributed by atoms with van der Waals surface area (Å²) >= 11 is 0. The molecule has 3 aromatic rings. The number of rotatable bonds is 5. The van der Waals surface area contributed by atoms with Crippen LogP contribution in [0.2, 0.25) is 0 Å². The molecule has 0 bridgehead atoms. The summed E-state index contributed by atoms with van der Waals surface area (Å²) in [4.78, 5) is 4.31. The van der Waals surface area contributed by atoms with Gasteiger partial charge in [-0.15, -0.1) is 0 Å². The van der Waals surface area contributed by atoms with E-state index in [9.17, 15) is 17.6 Å². The standard InChI is InChI=1S/C16H14F4N4O/c1-10(22-14-5-7-24-15(23-14)4-6-21-24)12-8-11(17)2-3-13(12)25-9-16(18,19)20/h2-8,10H,9H2,1H3,(H,22,23)/t10-/m1/s1. The molecule has 0 spiro atoms. The molecule has 3 rings (SSSR count). The lowest BCUT2D eigenvalue weighted by Crippen LogP contribution is -2.20. The average molecular weight is 354 g/mol. The fourth-order valence-corrected chi connectivity index (χ4v) is 2.34. The molecule has 0 unspecified atom stereocenters. The smallest absolute Gasteiger partial charge is 0.422 e. The molecule has 25 heavy (non-hydrogen) atoms. The summed E-state index contributed by atoms with van der Waals surface area (Å²) in [6, 6.07) is 6.21. The highest BCUT2D eigenvalue weighted by Crippen LogP contribution is 2.30. The van der Waals surface area contributed by atoms with Crippen LogP contribution >= 0.6 is 0 Å². The molecule has 2 aromatic heterocycles. The van der Waals surface area contributed by atoms with E-state index in [0.29, 0.717) is 11.5 Å². The number of halogens is 4. The van der Waals surface area contributed by atoms with Gasteiger partial charge in [0.05, 0.1) is 12.2 Å². The molecule has 1 aromatic carbocycles. The summed E-state index contributed by atoms with van der Waals surface area (Å²) in [6.45, 7) is 0.232. The minimum Gasteiger partial charge on any atom is -0.484 e. The van der Waals surface area contributed by atoms with Crippen LogP contribution in [0.4, 0.5) is 23.4 Å².